The molecule has 1 aromatic heterocycles. The summed E-state index contributed by atoms with van der Waals surface area (Å²) in [5.74, 6) is -0.982. The maximum atomic E-state index is 13.5. The van der Waals surface area contributed by atoms with Crippen molar-refractivity contribution < 1.29 is 37.3 Å². The van der Waals surface area contributed by atoms with E-state index in [0.717, 1.165) is 11.1 Å². The Labute approximate surface area is 210 Å². The largest absolute Gasteiger partial charge is 0.573 e. The summed E-state index contributed by atoms with van der Waals surface area (Å²) in [6.45, 7) is 2.00. The van der Waals surface area contributed by atoms with E-state index in [1.54, 1.807) is 41.8 Å². The van der Waals surface area contributed by atoms with Gasteiger partial charge in [0.2, 0.25) is 0 Å². The van der Waals surface area contributed by atoms with Crippen molar-refractivity contribution in [1.82, 2.24) is 4.57 Å². The van der Waals surface area contributed by atoms with E-state index >= 15 is 0 Å². The number of benzene rings is 3. The molecular formula is C28H24F3NO5. The fraction of sp³-hybridized carbons (Fsp3) is 0.214. The number of aromatic nitrogens is 1. The van der Waals surface area contributed by atoms with Crippen molar-refractivity contribution in [1.29, 1.82) is 0 Å². The lowest BCUT2D eigenvalue weighted by atomic mass is 10.0. The van der Waals surface area contributed by atoms with E-state index in [1.165, 1.54) is 25.3 Å². The number of nitrogens with zero attached hydrogens (tertiary/aromatic N) is 1. The Morgan fingerprint density at radius 2 is 1.62 bits per heavy atom. The molecule has 0 spiro atoms. The molecule has 0 saturated carbocycles. The topological polar surface area (TPSA) is 77.8 Å². The fourth-order valence-electron chi connectivity index (χ4n) is 4.35. The normalized spacial score (nSPS) is 11.5. The Morgan fingerprint density at radius 1 is 0.946 bits per heavy atom. The van der Waals surface area contributed by atoms with Crippen LogP contribution in [0.2, 0.25) is 0 Å². The van der Waals surface area contributed by atoms with Crippen molar-refractivity contribution in [3.63, 3.8) is 0 Å². The molecule has 0 aliphatic carbocycles. The minimum Gasteiger partial charge on any atom is -0.497 e. The fourth-order valence-corrected chi connectivity index (χ4v) is 4.35. The van der Waals surface area contributed by atoms with Crippen molar-refractivity contribution >= 4 is 22.7 Å². The zero-order chi connectivity index (χ0) is 26.7. The molecule has 0 aliphatic heterocycles. The molecule has 9 heteroatoms. The Bertz CT molecular complexity index is 1460. The first-order chi connectivity index (χ1) is 17.6. The summed E-state index contributed by atoms with van der Waals surface area (Å²) in [5.41, 5.74) is 3.41. The lowest BCUT2D eigenvalue weighted by Crippen LogP contribution is -2.17. The van der Waals surface area contributed by atoms with E-state index < -0.39 is 18.1 Å². The Hall–Kier alpha value is -4.27. The molecule has 0 bridgehead atoms. The highest BCUT2D eigenvalue weighted by Crippen LogP contribution is 2.33. The third kappa shape index (κ3) is 5.94. The molecular weight excluding hydrogens is 487 g/mol. The van der Waals surface area contributed by atoms with Crippen LogP contribution in [0.5, 0.6) is 11.5 Å². The number of carboxylic acids is 1. The minimum atomic E-state index is -4.86. The first-order valence-corrected chi connectivity index (χ1v) is 11.4. The first kappa shape index (κ1) is 25.8. The summed E-state index contributed by atoms with van der Waals surface area (Å²) >= 11 is 0. The molecule has 0 aliphatic rings. The van der Waals surface area contributed by atoms with Gasteiger partial charge in [0, 0.05) is 35.7 Å². The summed E-state index contributed by atoms with van der Waals surface area (Å²) in [6.07, 6.45) is -4.53. The van der Waals surface area contributed by atoms with Crippen molar-refractivity contribution in [2.45, 2.75) is 32.7 Å². The number of ether oxygens (including phenoxy) is 2. The number of halogens is 3. The number of alkyl halides is 3. The Balaban J connectivity index is 1.80. The number of carboxylic acid groups (broad SMARTS) is 1. The molecule has 0 amide bonds. The molecule has 37 heavy (non-hydrogen) atoms. The molecule has 4 aromatic rings. The van der Waals surface area contributed by atoms with Gasteiger partial charge < -0.3 is 19.1 Å². The van der Waals surface area contributed by atoms with Crippen LogP contribution >= 0.6 is 0 Å². The van der Waals surface area contributed by atoms with Crippen LogP contribution in [0.1, 0.15) is 39.2 Å². The van der Waals surface area contributed by atoms with Crippen LogP contribution in [0.15, 0.2) is 66.7 Å². The van der Waals surface area contributed by atoms with E-state index in [-0.39, 0.29) is 18.7 Å². The number of rotatable bonds is 9. The number of aliphatic carboxylic acids is 1. The quantitative estimate of drug-likeness (QED) is 0.273. The summed E-state index contributed by atoms with van der Waals surface area (Å²) in [6, 6.07) is 17.8. The zero-order valence-electron chi connectivity index (χ0n) is 20.1. The second-order valence-electron chi connectivity index (χ2n) is 8.54. The van der Waals surface area contributed by atoms with Crippen molar-refractivity contribution in [2.75, 3.05) is 7.11 Å². The molecule has 192 valence electrons. The number of hydrogen-bond donors (Lipinski definition) is 1. The molecule has 1 N–H and O–H groups in total. The molecule has 3 aromatic carbocycles. The smallest absolute Gasteiger partial charge is 0.497 e. The van der Waals surface area contributed by atoms with Gasteiger partial charge in [0.15, 0.2) is 5.78 Å². The molecule has 0 fully saturated rings. The van der Waals surface area contributed by atoms with E-state index in [2.05, 4.69) is 4.74 Å². The minimum absolute atomic E-state index is 0.0203. The number of aryl methyl sites for hydroxylation is 1. The predicted octanol–water partition coefficient (Wildman–Crippen LogP) is 6.15. The van der Waals surface area contributed by atoms with Gasteiger partial charge in [-0.2, -0.15) is 0 Å². The molecule has 0 saturated heterocycles. The average Bonchev–Trinajstić information content (AvgIpc) is 3.12. The summed E-state index contributed by atoms with van der Waals surface area (Å²) in [4.78, 5) is 24.5. The van der Waals surface area contributed by atoms with Crippen molar-refractivity contribution in [3.05, 3.63) is 94.7 Å². The Kier molecular flexibility index (Phi) is 7.24. The van der Waals surface area contributed by atoms with E-state index in [1.807, 2.05) is 18.2 Å². The predicted molar refractivity (Wildman–Crippen MR) is 131 cm³/mol. The Morgan fingerprint density at radius 3 is 2.27 bits per heavy atom. The SMILES string of the molecule is COc1ccc(C(=O)c2c(C)n(Cc3cccc(CCC(=O)O)c3)c3cc(OC(F)(F)F)ccc23)cc1. The third-order valence-electron chi connectivity index (χ3n) is 6.07. The summed E-state index contributed by atoms with van der Waals surface area (Å²) in [5, 5.41) is 9.48. The highest BCUT2D eigenvalue weighted by molar-refractivity contribution is 6.17. The molecule has 0 unspecified atom stereocenters. The van der Waals surface area contributed by atoms with Gasteiger partial charge in [0.1, 0.15) is 11.5 Å². The highest BCUT2D eigenvalue weighted by atomic mass is 19.4. The number of carbonyl (C=O) groups is 2. The van der Waals surface area contributed by atoms with Crippen molar-refractivity contribution in [2.24, 2.45) is 0 Å². The van der Waals surface area contributed by atoms with Gasteiger partial charge in [-0.3, -0.25) is 9.59 Å². The summed E-state index contributed by atoms with van der Waals surface area (Å²) in [7, 11) is 1.52. The number of hydrogen-bond acceptors (Lipinski definition) is 4. The molecule has 0 radical (unpaired) electrons. The van der Waals surface area contributed by atoms with E-state index in [0.29, 0.717) is 39.9 Å². The standard InChI is InChI=1S/C28H24F3NO5/c1-17-26(27(35)20-7-9-21(36-2)10-8-20)23-12-11-22(37-28(29,30)31)15-24(23)32(17)16-19-5-3-4-18(14-19)6-13-25(33)34/h3-5,7-12,14-15H,6,13,16H2,1-2H3,(H,33,34). The lowest BCUT2D eigenvalue weighted by molar-refractivity contribution is -0.274. The van der Waals surface area contributed by atoms with E-state index in [9.17, 15) is 22.8 Å². The average molecular weight is 511 g/mol. The number of methoxy groups -OCH3 is 1. The van der Waals surface area contributed by atoms with Crippen LogP contribution in [0, 0.1) is 6.92 Å². The van der Waals surface area contributed by atoms with Gasteiger partial charge in [-0.1, -0.05) is 24.3 Å². The monoisotopic (exact) mass is 511 g/mol. The van der Waals surface area contributed by atoms with Gasteiger partial charge in [-0.15, -0.1) is 13.2 Å². The lowest BCUT2D eigenvalue weighted by Gasteiger charge is -2.12. The molecule has 6 nitrogen and oxygen atoms in total. The number of ketones is 1. The van der Waals surface area contributed by atoms with Gasteiger partial charge in [0.05, 0.1) is 18.2 Å². The van der Waals surface area contributed by atoms with Crippen LogP contribution in [-0.2, 0) is 17.8 Å². The highest BCUT2D eigenvalue weighted by Gasteiger charge is 2.31. The van der Waals surface area contributed by atoms with Gasteiger partial charge in [-0.05, 0) is 60.9 Å². The molecule has 0 atom stereocenters. The van der Waals surface area contributed by atoms with Crippen LogP contribution in [0.3, 0.4) is 0 Å². The van der Waals surface area contributed by atoms with Crippen LogP contribution < -0.4 is 9.47 Å². The van der Waals surface area contributed by atoms with Crippen LogP contribution in [0.25, 0.3) is 10.9 Å². The van der Waals surface area contributed by atoms with Gasteiger partial charge in [-0.25, -0.2) is 0 Å². The van der Waals surface area contributed by atoms with Crippen LogP contribution in [-0.4, -0.2) is 34.9 Å². The maximum absolute atomic E-state index is 13.5. The van der Waals surface area contributed by atoms with Gasteiger partial charge >= 0.3 is 12.3 Å². The molecule has 1 heterocycles. The zero-order valence-corrected chi connectivity index (χ0v) is 20.1. The maximum Gasteiger partial charge on any atom is 0.573 e. The third-order valence-corrected chi connectivity index (χ3v) is 6.07. The summed E-state index contributed by atoms with van der Waals surface area (Å²) < 4.78 is 49.8. The van der Waals surface area contributed by atoms with E-state index in [4.69, 9.17) is 9.84 Å². The van der Waals surface area contributed by atoms with Gasteiger partial charge in [0.25, 0.3) is 0 Å². The van der Waals surface area contributed by atoms with Crippen molar-refractivity contribution in [3.8, 4) is 11.5 Å². The molecule has 4 rings (SSSR count). The second-order valence-corrected chi connectivity index (χ2v) is 8.54. The first-order valence-electron chi connectivity index (χ1n) is 11.4. The second kappa shape index (κ2) is 10.4. The van der Waals surface area contributed by atoms with Crippen LogP contribution in [0.4, 0.5) is 13.2 Å². The number of carbonyl (C=O) groups excluding carboxylic acids is 1. The number of fused-ring (bicyclic) bond motifs is 1.